The van der Waals surface area contributed by atoms with E-state index >= 15 is 0 Å². The van der Waals surface area contributed by atoms with Crippen LogP contribution in [0.15, 0.2) is 0 Å². The van der Waals surface area contributed by atoms with E-state index in [1.54, 1.807) is 0 Å². The van der Waals surface area contributed by atoms with E-state index in [-0.39, 0.29) is 0 Å². The van der Waals surface area contributed by atoms with Gasteiger partial charge in [0, 0.05) is 38.3 Å². The summed E-state index contributed by atoms with van der Waals surface area (Å²) in [4.78, 5) is 5.05. The van der Waals surface area contributed by atoms with Gasteiger partial charge in [0.1, 0.15) is 0 Å². The molecular formula is C11H23N3. The summed E-state index contributed by atoms with van der Waals surface area (Å²) in [5.41, 5.74) is 5.84. The minimum Gasteiger partial charge on any atom is -0.329 e. The minimum absolute atomic E-state index is 0.603. The van der Waals surface area contributed by atoms with Gasteiger partial charge < -0.3 is 10.6 Å². The van der Waals surface area contributed by atoms with Crippen LogP contribution < -0.4 is 5.73 Å². The monoisotopic (exact) mass is 197 g/mol. The topological polar surface area (TPSA) is 32.5 Å². The maximum Gasteiger partial charge on any atom is 0.0349 e. The first-order valence-electron chi connectivity index (χ1n) is 5.85. The molecule has 2 aliphatic rings. The van der Waals surface area contributed by atoms with Crippen LogP contribution in [0.1, 0.15) is 19.8 Å². The molecule has 1 aliphatic heterocycles. The van der Waals surface area contributed by atoms with Gasteiger partial charge in [-0.05, 0) is 25.8 Å². The number of piperazine rings is 1. The lowest BCUT2D eigenvalue weighted by atomic mass is 9.80. The van der Waals surface area contributed by atoms with Crippen molar-refractivity contribution in [3.05, 3.63) is 0 Å². The normalized spacial score (nSPS) is 40.9. The molecule has 2 rings (SSSR count). The van der Waals surface area contributed by atoms with Crippen molar-refractivity contribution < 1.29 is 0 Å². The average molecular weight is 197 g/mol. The molecule has 1 unspecified atom stereocenters. The van der Waals surface area contributed by atoms with E-state index in [2.05, 4.69) is 23.8 Å². The Morgan fingerprint density at radius 3 is 2.57 bits per heavy atom. The van der Waals surface area contributed by atoms with Gasteiger partial charge in [-0.1, -0.05) is 6.92 Å². The van der Waals surface area contributed by atoms with Gasteiger partial charge in [0.25, 0.3) is 0 Å². The predicted molar refractivity (Wildman–Crippen MR) is 59.2 cm³/mol. The van der Waals surface area contributed by atoms with E-state index in [4.69, 9.17) is 5.73 Å². The van der Waals surface area contributed by atoms with Gasteiger partial charge >= 0.3 is 0 Å². The lowest BCUT2D eigenvalue weighted by Gasteiger charge is -2.49. The van der Waals surface area contributed by atoms with E-state index in [9.17, 15) is 0 Å². The summed E-state index contributed by atoms with van der Waals surface area (Å²) in [5.74, 6) is 0.943. The maximum absolute atomic E-state index is 5.84. The smallest absolute Gasteiger partial charge is 0.0349 e. The predicted octanol–water partition coefficient (Wildman–Crippen LogP) is 0.360. The highest BCUT2D eigenvalue weighted by Gasteiger charge is 2.36. The highest BCUT2D eigenvalue weighted by molar-refractivity contribution is 4.92. The second-order valence-corrected chi connectivity index (χ2v) is 5.12. The van der Waals surface area contributed by atoms with E-state index in [1.165, 1.54) is 25.9 Å². The van der Waals surface area contributed by atoms with Crippen LogP contribution in [0.3, 0.4) is 0 Å². The highest BCUT2D eigenvalue weighted by Crippen LogP contribution is 2.32. The molecular weight excluding hydrogens is 174 g/mol. The number of nitrogens with zero attached hydrogens (tertiary/aromatic N) is 2. The Morgan fingerprint density at radius 1 is 1.29 bits per heavy atom. The van der Waals surface area contributed by atoms with Crippen molar-refractivity contribution in [1.82, 2.24) is 9.80 Å². The number of nitrogens with two attached hydrogens (primary N) is 1. The molecule has 2 N–H and O–H groups in total. The quantitative estimate of drug-likeness (QED) is 0.694. The van der Waals surface area contributed by atoms with Crippen LogP contribution in [0.4, 0.5) is 0 Å². The van der Waals surface area contributed by atoms with E-state index in [1.807, 2.05) is 0 Å². The lowest BCUT2D eigenvalue weighted by molar-refractivity contribution is 0.00492. The fourth-order valence-corrected chi connectivity index (χ4v) is 2.85. The zero-order valence-electron chi connectivity index (χ0n) is 9.45. The molecule has 14 heavy (non-hydrogen) atoms. The van der Waals surface area contributed by atoms with Gasteiger partial charge in [-0.15, -0.1) is 0 Å². The Bertz CT molecular complexity index is 189. The summed E-state index contributed by atoms with van der Waals surface area (Å²) in [6.45, 7) is 6.75. The Hall–Kier alpha value is -0.120. The van der Waals surface area contributed by atoms with E-state index in [0.717, 1.165) is 25.0 Å². The Morgan fingerprint density at radius 2 is 2.00 bits per heavy atom. The fourth-order valence-electron chi connectivity index (χ4n) is 2.85. The SMILES string of the molecule is CC1CC(N2CCN(C)CC2CN)C1. The molecule has 1 heterocycles. The van der Waals surface area contributed by atoms with Crippen LogP contribution in [0.25, 0.3) is 0 Å². The number of hydrogen-bond acceptors (Lipinski definition) is 3. The van der Waals surface area contributed by atoms with Crippen molar-refractivity contribution in [2.75, 3.05) is 33.2 Å². The van der Waals surface area contributed by atoms with Crippen molar-refractivity contribution in [3.8, 4) is 0 Å². The van der Waals surface area contributed by atoms with Crippen LogP contribution >= 0.6 is 0 Å². The third kappa shape index (κ3) is 1.95. The molecule has 3 nitrogen and oxygen atoms in total. The van der Waals surface area contributed by atoms with Gasteiger partial charge in [-0.25, -0.2) is 0 Å². The third-order valence-electron chi connectivity index (χ3n) is 3.82. The van der Waals surface area contributed by atoms with Gasteiger partial charge in [-0.3, -0.25) is 4.90 Å². The van der Waals surface area contributed by atoms with Crippen molar-refractivity contribution in [2.24, 2.45) is 11.7 Å². The zero-order chi connectivity index (χ0) is 10.1. The standard InChI is InChI=1S/C11H23N3/c1-9-5-10(6-9)14-4-3-13(2)8-11(14)7-12/h9-11H,3-8,12H2,1-2H3. The molecule has 1 atom stereocenters. The molecule has 2 fully saturated rings. The first kappa shape index (κ1) is 10.4. The van der Waals surface area contributed by atoms with Crippen molar-refractivity contribution in [1.29, 1.82) is 0 Å². The number of likely N-dealkylation sites (N-methyl/N-ethyl adjacent to an activating group) is 1. The molecule has 1 saturated heterocycles. The van der Waals surface area contributed by atoms with Crippen LogP contribution in [-0.4, -0.2) is 55.1 Å². The largest absolute Gasteiger partial charge is 0.329 e. The highest BCUT2D eigenvalue weighted by atomic mass is 15.3. The van der Waals surface area contributed by atoms with Gasteiger partial charge in [0.2, 0.25) is 0 Å². The average Bonchev–Trinajstić information content (AvgIpc) is 2.13. The molecule has 0 spiro atoms. The molecule has 0 bridgehead atoms. The molecule has 82 valence electrons. The molecule has 0 aromatic heterocycles. The molecule has 0 amide bonds. The van der Waals surface area contributed by atoms with Gasteiger partial charge in [-0.2, -0.15) is 0 Å². The van der Waals surface area contributed by atoms with Crippen molar-refractivity contribution >= 4 is 0 Å². The molecule has 0 radical (unpaired) electrons. The second kappa shape index (κ2) is 4.17. The number of rotatable bonds is 2. The summed E-state index contributed by atoms with van der Waals surface area (Å²) in [7, 11) is 2.20. The van der Waals surface area contributed by atoms with Gasteiger partial charge in [0.15, 0.2) is 0 Å². The van der Waals surface area contributed by atoms with E-state index in [0.29, 0.717) is 6.04 Å². The molecule has 3 heteroatoms. The zero-order valence-corrected chi connectivity index (χ0v) is 9.45. The van der Waals surface area contributed by atoms with Crippen LogP contribution in [0.2, 0.25) is 0 Å². The van der Waals surface area contributed by atoms with Crippen LogP contribution in [0, 0.1) is 5.92 Å². The summed E-state index contributed by atoms with van der Waals surface area (Å²) >= 11 is 0. The second-order valence-electron chi connectivity index (χ2n) is 5.12. The fraction of sp³-hybridized carbons (Fsp3) is 1.00. The summed E-state index contributed by atoms with van der Waals surface area (Å²) < 4.78 is 0. The van der Waals surface area contributed by atoms with Crippen LogP contribution in [0.5, 0.6) is 0 Å². The van der Waals surface area contributed by atoms with Crippen molar-refractivity contribution in [3.63, 3.8) is 0 Å². The number of hydrogen-bond donors (Lipinski definition) is 1. The van der Waals surface area contributed by atoms with E-state index < -0.39 is 0 Å². The first-order valence-corrected chi connectivity index (χ1v) is 5.85. The third-order valence-corrected chi connectivity index (χ3v) is 3.82. The summed E-state index contributed by atoms with van der Waals surface area (Å²) in [6.07, 6.45) is 2.78. The summed E-state index contributed by atoms with van der Waals surface area (Å²) in [5, 5.41) is 0. The summed E-state index contributed by atoms with van der Waals surface area (Å²) in [6, 6.07) is 1.44. The van der Waals surface area contributed by atoms with Crippen molar-refractivity contribution in [2.45, 2.75) is 31.8 Å². The Balaban J connectivity index is 1.90. The minimum atomic E-state index is 0.603. The lowest BCUT2D eigenvalue weighted by Crippen LogP contribution is -2.60. The molecule has 1 saturated carbocycles. The maximum atomic E-state index is 5.84. The Labute approximate surface area is 87.2 Å². The van der Waals surface area contributed by atoms with Crippen LogP contribution in [-0.2, 0) is 0 Å². The molecule has 0 aromatic rings. The Kier molecular flexibility index (Phi) is 3.10. The van der Waals surface area contributed by atoms with Gasteiger partial charge in [0.05, 0.1) is 0 Å². The molecule has 0 aromatic carbocycles. The molecule has 1 aliphatic carbocycles. The first-order chi connectivity index (χ1) is 6.70.